The Morgan fingerprint density at radius 1 is 1.02 bits per heavy atom. The van der Waals surface area contributed by atoms with Crippen LogP contribution in [0.3, 0.4) is 0 Å². The predicted molar refractivity (Wildman–Crippen MR) is 146 cm³/mol. The molecule has 0 bridgehead atoms. The number of carbonyl (C=O) groups excluding carboxylic acids is 1. The summed E-state index contributed by atoms with van der Waals surface area (Å²) >= 11 is 0. The van der Waals surface area contributed by atoms with Crippen LogP contribution in [0.5, 0.6) is 0 Å². The van der Waals surface area contributed by atoms with Gasteiger partial charge in [0.15, 0.2) is 0 Å². The molecule has 2 aromatic heterocycles. The van der Waals surface area contributed by atoms with Crippen molar-refractivity contribution in [3.8, 4) is 11.5 Å². The molecule has 3 N–H and O–H groups in total. The van der Waals surface area contributed by atoms with E-state index in [0.29, 0.717) is 42.4 Å². The van der Waals surface area contributed by atoms with E-state index >= 15 is 0 Å². The van der Waals surface area contributed by atoms with Crippen LogP contribution in [-0.4, -0.2) is 44.8 Å². The molecule has 8 nitrogen and oxygen atoms in total. The van der Waals surface area contributed by atoms with E-state index in [1.54, 1.807) is 18.3 Å². The lowest BCUT2D eigenvalue weighted by Gasteiger charge is -2.25. The number of aliphatic hydroxyl groups is 1. The number of pyridine rings is 1. The molecule has 2 atom stereocenters. The molecule has 1 amide bonds. The Labute approximate surface area is 231 Å². The number of hydrogen-bond donors (Lipinski definition) is 3. The highest BCUT2D eigenvalue weighted by molar-refractivity contribution is 5.76. The summed E-state index contributed by atoms with van der Waals surface area (Å²) < 4.78 is 32.9. The third kappa shape index (κ3) is 8.75. The van der Waals surface area contributed by atoms with Crippen molar-refractivity contribution < 1.29 is 23.2 Å². The van der Waals surface area contributed by atoms with E-state index in [1.807, 2.05) is 18.2 Å². The number of nitrogens with zero attached hydrogens (tertiary/aromatic N) is 3. The molecule has 0 aliphatic heterocycles. The van der Waals surface area contributed by atoms with Gasteiger partial charge in [-0.15, -0.1) is 0 Å². The van der Waals surface area contributed by atoms with Gasteiger partial charge < -0.3 is 20.3 Å². The Hall–Kier alpha value is -4.02. The van der Waals surface area contributed by atoms with Crippen LogP contribution in [-0.2, 0) is 30.6 Å². The summed E-state index contributed by atoms with van der Waals surface area (Å²) in [5.41, 5.74) is 3.22. The molecule has 0 saturated heterocycles. The molecule has 210 valence electrons. The molecule has 4 aromatic rings. The molecule has 4 rings (SSSR count). The van der Waals surface area contributed by atoms with Gasteiger partial charge in [-0.25, -0.2) is 8.78 Å². The number of hydrogen-bond acceptors (Lipinski definition) is 7. The summed E-state index contributed by atoms with van der Waals surface area (Å²) in [4.78, 5) is 21.3. The zero-order chi connectivity index (χ0) is 28.3. The number of aliphatic hydroxyl groups excluding tert-OH is 1. The molecule has 0 aliphatic rings. The van der Waals surface area contributed by atoms with Crippen molar-refractivity contribution in [1.82, 2.24) is 25.8 Å². The van der Waals surface area contributed by atoms with E-state index in [0.717, 1.165) is 18.1 Å². The van der Waals surface area contributed by atoms with Crippen molar-refractivity contribution in [2.24, 2.45) is 0 Å². The lowest BCUT2D eigenvalue weighted by Crippen LogP contribution is -2.48. The summed E-state index contributed by atoms with van der Waals surface area (Å²) in [6, 6.07) is 16.0. The molecule has 10 heteroatoms. The number of aromatic nitrogens is 3. The smallest absolute Gasteiger partial charge is 0.227 e. The van der Waals surface area contributed by atoms with Gasteiger partial charge in [-0.05, 0) is 60.2 Å². The van der Waals surface area contributed by atoms with E-state index in [9.17, 15) is 18.7 Å². The number of carbonyl (C=O) groups is 1. The third-order valence-electron chi connectivity index (χ3n) is 6.43. The summed E-state index contributed by atoms with van der Waals surface area (Å²) in [7, 11) is 0. The van der Waals surface area contributed by atoms with Gasteiger partial charge >= 0.3 is 0 Å². The standard InChI is InChI=1S/C30H33F2N5O3/c1-2-20-7-5-8-21(13-20)18-33-19-27(38)26(16-22-14-23(31)17-24(32)15-22)35-28(39)10-6-11-29-36-30(37-40-29)25-9-3-4-12-34-25/h3-5,7-9,12-15,17,26-27,33,38H,2,6,10-11,16,18-19H2,1H3,(H,35,39)/t26-,27-/m0/s1. The molecule has 0 radical (unpaired) electrons. The van der Waals surface area contributed by atoms with Crippen molar-refractivity contribution in [1.29, 1.82) is 0 Å². The van der Waals surface area contributed by atoms with Crippen LogP contribution in [0.1, 0.15) is 42.3 Å². The van der Waals surface area contributed by atoms with Crippen molar-refractivity contribution >= 4 is 5.91 Å². The second kappa shape index (κ2) is 14.4. The van der Waals surface area contributed by atoms with Crippen LogP contribution in [0, 0.1) is 11.6 Å². The Balaban J connectivity index is 1.33. The number of aryl methyl sites for hydroxylation is 2. The molecule has 2 aromatic carbocycles. The molecular formula is C30H33F2N5O3. The van der Waals surface area contributed by atoms with Gasteiger partial charge in [0.25, 0.3) is 0 Å². The normalized spacial score (nSPS) is 12.7. The molecule has 0 spiro atoms. The number of halogens is 2. The molecule has 2 heterocycles. The Morgan fingerprint density at radius 2 is 1.82 bits per heavy atom. The van der Waals surface area contributed by atoms with E-state index in [2.05, 4.69) is 44.8 Å². The summed E-state index contributed by atoms with van der Waals surface area (Å²) in [5, 5.41) is 20.9. The largest absolute Gasteiger partial charge is 0.390 e. The minimum absolute atomic E-state index is 0.0612. The first-order valence-corrected chi connectivity index (χ1v) is 13.3. The minimum Gasteiger partial charge on any atom is -0.390 e. The maximum absolute atomic E-state index is 13.8. The van der Waals surface area contributed by atoms with Crippen LogP contribution in [0.25, 0.3) is 11.5 Å². The van der Waals surface area contributed by atoms with Crippen LogP contribution in [0.2, 0.25) is 0 Å². The molecule has 0 unspecified atom stereocenters. The van der Waals surface area contributed by atoms with Gasteiger partial charge in [-0.2, -0.15) is 4.98 Å². The van der Waals surface area contributed by atoms with Crippen LogP contribution < -0.4 is 10.6 Å². The number of rotatable bonds is 14. The van der Waals surface area contributed by atoms with Crippen molar-refractivity contribution in [2.45, 2.75) is 57.7 Å². The SMILES string of the molecule is CCc1cccc(CNC[C@H](O)[C@H](Cc2cc(F)cc(F)c2)NC(=O)CCCc2nc(-c3ccccn3)no2)c1. The maximum atomic E-state index is 13.8. The first kappa shape index (κ1) is 29.0. The highest BCUT2D eigenvalue weighted by atomic mass is 19.1. The van der Waals surface area contributed by atoms with E-state index in [-0.39, 0.29) is 25.3 Å². The van der Waals surface area contributed by atoms with Crippen molar-refractivity contribution in [3.05, 3.63) is 101 Å². The lowest BCUT2D eigenvalue weighted by atomic mass is 10.00. The number of nitrogens with one attached hydrogen (secondary N) is 2. The fraction of sp³-hybridized carbons (Fsp3) is 0.333. The van der Waals surface area contributed by atoms with E-state index < -0.39 is 23.8 Å². The monoisotopic (exact) mass is 549 g/mol. The lowest BCUT2D eigenvalue weighted by molar-refractivity contribution is -0.122. The zero-order valence-corrected chi connectivity index (χ0v) is 22.3. The summed E-state index contributed by atoms with van der Waals surface area (Å²) in [6.07, 6.45) is 2.57. The number of benzene rings is 2. The fourth-order valence-corrected chi connectivity index (χ4v) is 4.37. The average Bonchev–Trinajstić information content (AvgIpc) is 3.42. The quantitative estimate of drug-likeness (QED) is 0.216. The first-order chi connectivity index (χ1) is 19.4. The van der Waals surface area contributed by atoms with E-state index in [1.165, 1.54) is 17.7 Å². The molecule has 0 saturated carbocycles. The van der Waals surface area contributed by atoms with Crippen molar-refractivity contribution in [3.63, 3.8) is 0 Å². The van der Waals surface area contributed by atoms with Gasteiger partial charge in [0.2, 0.25) is 17.6 Å². The van der Waals surface area contributed by atoms with Gasteiger partial charge in [0, 0.05) is 38.2 Å². The van der Waals surface area contributed by atoms with Gasteiger partial charge in [0.1, 0.15) is 17.3 Å². The van der Waals surface area contributed by atoms with Gasteiger partial charge in [0.05, 0.1) is 12.1 Å². The first-order valence-electron chi connectivity index (χ1n) is 13.3. The molecule has 40 heavy (non-hydrogen) atoms. The average molecular weight is 550 g/mol. The van der Waals surface area contributed by atoms with Gasteiger partial charge in [-0.3, -0.25) is 9.78 Å². The van der Waals surface area contributed by atoms with Crippen LogP contribution >= 0.6 is 0 Å². The Kier molecular flexibility index (Phi) is 10.4. The maximum Gasteiger partial charge on any atom is 0.227 e. The third-order valence-corrected chi connectivity index (χ3v) is 6.43. The number of amides is 1. The van der Waals surface area contributed by atoms with Crippen LogP contribution in [0.4, 0.5) is 8.78 Å². The zero-order valence-electron chi connectivity index (χ0n) is 22.3. The highest BCUT2D eigenvalue weighted by Gasteiger charge is 2.22. The molecule has 0 aliphatic carbocycles. The fourth-order valence-electron chi connectivity index (χ4n) is 4.37. The second-order valence-corrected chi connectivity index (χ2v) is 9.61. The summed E-state index contributed by atoms with van der Waals surface area (Å²) in [5.74, 6) is -0.974. The topological polar surface area (TPSA) is 113 Å². The van der Waals surface area contributed by atoms with E-state index in [4.69, 9.17) is 4.52 Å². The van der Waals surface area contributed by atoms with Crippen molar-refractivity contribution in [2.75, 3.05) is 6.54 Å². The summed E-state index contributed by atoms with van der Waals surface area (Å²) in [6.45, 7) is 2.79. The minimum atomic E-state index is -0.999. The Bertz CT molecular complexity index is 1360. The van der Waals surface area contributed by atoms with Crippen LogP contribution in [0.15, 0.2) is 71.4 Å². The molecular weight excluding hydrogens is 516 g/mol. The highest BCUT2D eigenvalue weighted by Crippen LogP contribution is 2.15. The van der Waals surface area contributed by atoms with Gasteiger partial charge in [-0.1, -0.05) is 42.4 Å². The predicted octanol–water partition coefficient (Wildman–Crippen LogP) is 4.17. The second-order valence-electron chi connectivity index (χ2n) is 9.61. The Morgan fingerprint density at radius 3 is 2.58 bits per heavy atom. The molecule has 0 fully saturated rings.